The molecule has 0 aliphatic heterocycles. The van der Waals surface area contributed by atoms with Crippen molar-refractivity contribution in [2.24, 2.45) is 11.8 Å². The van der Waals surface area contributed by atoms with E-state index in [1.165, 1.54) is 0 Å². The molecule has 1 aliphatic rings. The molecule has 18 heavy (non-hydrogen) atoms. The summed E-state index contributed by atoms with van der Waals surface area (Å²) in [7, 11) is 0. The van der Waals surface area contributed by atoms with Crippen molar-refractivity contribution in [1.29, 1.82) is 0 Å². The van der Waals surface area contributed by atoms with Crippen molar-refractivity contribution in [3.63, 3.8) is 0 Å². The molecule has 1 fully saturated rings. The van der Waals surface area contributed by atoms with Crippen molar-refractivity contribution in [3.05, 3.63) is 0 Å². The van der Waals surface area contributed by atoms with Crippen molar-refractivity contribution in [1.82, 2.24) is 10.7 Å². The first-order chi connectivity index (χ1) is 8.31. The summed E-state index contributed by atoms with van der Waals surface area (Å²) >= 11 is 0. The summed E-state index contributed by atoms with van der Waals surface area (Å²) in [6.45, 7) is 5.49. The minimum atomic E-state index is -0.485. The first-order valence-corrected chi connectivity index (χ1v) is 6.32. The Hall–Kier alpha value is -1.30. The maximum Gasteiger partial charge on any atom is 0.407 e. The number of hydrogen-bond donors (Lipinski definition) is 3. The minimum absolute atomic E-state index is 0.0355. The predicted molar refractivity (Wildman–Crippen MR) is 67.4 cm³/mol. The van der Waals surface area contributed by atoms with Crippen LogP contribution in [0.1, 0.15) is 46.5 Å². The Morgan fingerprint density at radius 1 is 1.17 bits per heavy atom. The van der Waals surface area contributed by atoms with Crippen molar-refractivity contribution in [2.75, 3.05) is 0 Å². The SMILES string of the molecule is CC(C)(C)OC(=O)N[C@H]1CC[C@H](C(=O)NN)CC1. The maximum absolute atomic E-state index is 11.6. The number of amides is 2. The third-order valence-electron chi connectivity index (χ3n) is 2.96. The summed E-state index contributed by atoms with van der Waals surface area (Å²) in [5.74, 6) is 4.94. The monoisotopic (exact) mass is 257 g/mol. The van der Waals surface area contributed by atoms with Gasteiger partial charge >= 0.3 is 6.09 Å². The third-order valence-corrected chi connectivity index (χ3v) is 2.96. The normalized spacial score (nSPS) is 24.2. The quantitative estimate of drug-likeness (QED) is 0.392. The van der Waals surface area contributed by atoms with E-state index in [0.717, 1.165) is 25.7 Å². The number of carbonyl (C=O) groups is 2. The van der Waals surface area contributed by atoms with Crippen molar-refractivity contribution >= 4 is 12.0 Å². The maximum atomic E-state index is 11.6. The lowest BCUT2D eigenvalue weighted by Gasteiger charge is -2.29. The fourth-order valence-electron chi connectivity index (χ4n) is 2.09. The van der Waals surface area contributed by atoms with Gasteiger partial charge < -0.3 is 10.1 Å². The molecule has 2 amide bonds. The molecule has 0 radical (unpaired) electrons. The van der Waals surface area contributed by atoms with Gasteiger partial charge in [0.2, 0.25) is 5.91 Å². The van der Waals surface area contributed by atoms with Crippen LogP contribution in [0, 0.1) is 5.92 Å². The van der Waals surface area contributed by atoms with E-state index in [9.17, 15) is 9.59 Å². The molecule has 0 aromatic heterocycles. The summed E-state index contributed by atoms with van der Waals surface area (Å²) in [6.07, 6.45) is 2.64. The molecule has 0 aromatic rings. The highest BCUT2D eigenvalue weighted by Gasteiger charge is 2.27. The number of hydrazine groups is 1. The van der Waals surface area contributed by atoms with E-state index in [-0.39, 0.29) is 17.9 Å². The molecule has 0 heterocycles. The van der Waals surface area contributed by atoms with Crippen LogP contribution >= 0.6 is 0 Å². The summed E-state index contributed by atoms with van der Waals surface area (Å²) in [5, 5.41) is 2.83. The van der Waals surface area contributed by atoms with Crippen LogP contribution in [-0.2, 0) is 9.53 Å². The van der Waals surface area contributed by atoms with Crippen LogP contribution in [0.4, 0.5) is 4.79 Å². The molecular weight excluding hydrogens is 234 g/mol. The minimum Gasteiger partial charge on any atom is -0.444 e. The molecule has 0 bridgehead atoms. The number of alkyl carbamates (subject to hydrolysis) is 1. The van der Waals surface area contributed by atoms with Gasteiger partial charge in [0.1, 0.15) is 5.60 Å². The zero-order valence-corrected chi connectivity index (χ0v) is 11.3. The lowest BCUT2D eigenvalue weighted by molar-refractivity contribution is -0.126. The van der Waals surface area contributed by atoms with Gasteiger partial charge in [-0.1, -0.05) is 0 Å². The molecule has 1 saturated carbocycles. The Kier molecular flexibility index (Phi) is 4.95. The average molecular weight is 257 g/mol. The Labute approximate surface area is 108 Å². The highest BCUT2D eigenvalue weighted by atomic mass is 16.6. The van der Waals surface area contributed by atoms with Gasteiger partial charge in [0.25, 0.3) is 0 Å². The second-order valence-electron chi connectivity index (χ2n) is 5.70. The molecule has 0 unspecified atom stereocenters. The standard InChI is InChI=1S/C12H23N3O3/c1-12(2,3)18-11(17)14-9-6-4-8(5-7-9)10(16)15-13/h8-9H,4-7,13H2,1-3H3,(H,14,17)(H,15,16)/t8-,9-. The summed E-state index contributed by atoms with van der Waals surface area (Å²) < 4.78 is 5.19. The number of carbonyl (C=O) groups excluding carboxylic acids is 2. The predicted octanol–water partition coefficient (Wildman–Crippen LogP) is 1.06. The Morgan fingerprint density at radius 2 is 1.72 bits per heavy atom. The van der Waals surface area contributed by atoms with Gasteiger partial charge in [-0.25, -0.2) is 10.6 Å². The lowest BCUT2D eigenvalue weighted by Crippen LogP contribution is -2.43. The van der Waals surface area contributed by atoms with Gasteiger partial charge in [-0.15, -0.1) is 0 Å². The van der Waals surface area contributed by atoms with E-state index in [1.54, 1.807) is 0 Å². The van der Waals surface area contributed by atoms with E-state index in [2.05, 4.69) is 10.7 Å². The second-order valence-corrected chi connectivity index (χ2v) is 5.70. The van der Waals surface area contributed by atoms with Crippen LogP contribution in [0.5, 0.6) is 0 Å². The van der Waals surface area contributed by atoms with Crippen LogP contribution in [0.25, 0.3) is 0 Å². The molecule has 4 N–H and O–H groups in total. The first kappa shape index (κ1) is 14.8. The van der Waals surface area contributed by atoms with Gasteiger partial charge in [0, 0.05) is 12.0 Å². The van der Waals surface area contributed by atoms with E-state index in [0.29, 0.717) is 0 Å². The number of rotatable bonds is 2. The van der Waals surface area contributed by atoms with Gasteiger partial charge in [-0.05, 0) is 46.5 Å². The molecule has 0 atom stereocenters. The zero-order valence-electron chi connectivity index (χ0n) is 11.3. The van der Waals surface area contributed by atoms with Crippen LogP contribution in [0.15, 0.2) is 0 Å². The molecule has 1 aliphatic carbocycles. The Bertz CT molecular complexity index is 304. The Morgan fingerprint density at radius 3 is 2.17 bits per heavy atom. The average Bonchev–Trinajstić information content (AvgIpc) is 2.26. The highest BCUT2D eigenvalue weighted by Crippen LogP contribution is 2.24. The van der Waals surface area contributed by atoms with Crippen molar-refractivity contribution in [2.45, 2.75) is 58.1 Å². The molecule has 0 saturated heterocycles. The van der Waals surface area contributed by atoms with Gasteiger partial charge in [-0.3, -0.25) is 10.2 Å². The molecule has 104 valence electrons. The fourth-order valence-corrected chi connectivity index (χ4v) is 2.09. The summed E-state index contributed by atoms with van der Waals surface area (Å²) in [4.78, 5) is 22.9. The zero-order chi connectivity index (χ0) is 13.8. The van der Waals surface area contributed by atoms with Crippen LogP contribution in [0.3, 0.4) is 0 Å². The number of nitrogens with two attached hydrogens (primary N) is 1. The van der Waals surface area contributed by atoms with Crippen LogP contribution in [0.2, 0.25) is 0 Å². The van der Waals surface area contributed by atoms with Crippen molar-refractivity contribution < 1.29 is 14.3 Å². The highest BCUT2D eigenvalue weighted by molar-refractivity contribution is 5.78. The van der Waals surface area contributed by atoms with Gasteiger partial charge in [0.05, 0.1) is 0 Å². The molecule has 0 aromatic carbocycles. The van der Waals surface area contributed by atoms with Crippen molar-refractivity contribution in [3.8, 4) is 0 Å². The topological polar surface area (TPSA) is 93.4 Å². The summed E-state index contributed by atoms with van der Waals surface area (Å²) in [5.41, 5.74) is 1.68. The van der Waals surface area contributed by atoms with Gasteiger partial charge in [0.15, 0.2) is 0 Å². The Balaban J connectivity index is 2.31. The first-order valence-electron chi connectivity index (χ1n) is 6.32. The van der Waals surface area contributed by atoms with Crippen LogP contribution < -0.4 is 16.6 Å². The molecular formula is C12H23N3O3. The fraction of sp³-hybridized carbons (Fsp3) is 0.833. The lowest BCUT2D eigenvalue weighted by atomic mass is 9.85. The van der Waals surface area contributed by atoms with E-state index in [1.807, 2.05) is 20.8 Å². The number of nitrogens with one attached hydrogen (secondary N) is 2. The molecule has 6 nitrogen and oxygen atoms in total. The number of ether oxygens (including phenoxy) is 1. The molecule has 6 heteroatoms. The third kappa shape index (κ3) is 4.91. The summed E-state index contributed by atoms with van der Waals surface area (Å²) in [6, 6.07) is 0.0849. The largest absolute Gasteiger partial charge is 0.444 e. The van der Waals surface area contributed by atoms with E-state index < -0.39 is 11.7 Å². The van der Waals surface area contributed by atoms with E-state index >= 15 is 0 Å². The number of hydrogen-bond acceptors (Lipinski definition) is 4. The molecule has 0 spiro atoms. The van der Waals surface area contributed by atoms with Crippen LogP contribution in [-0.4, -0.2) is 23.6 Å². The smallest absolute Gasteiger partial charge is 0.407 e. The second kappa shape index (κ2) is 6.04. The van der Waals surface area contributed by atoms with Gasteiger partial charge in [-0.2, -0.15) is 0 Å². The molecule has 1 rings (SSSR count). The van der Waals surface area contributed by atoms with E-state index in [4.69, 9.17) is 10.6 Å².